The van der Waals surface area contributed by atoms with Gasteiger partial charge in [-0.2, -0.15) is 0 Å². The first-order chi connectivity index (χ1) is 6.72. The van der Waals surface area contributed by atoms with Gasteiger partial charge in [0.15, 0.2) is 11.3 Å². The van der Waals surface area contributed by atoms with Crippen LogP contribution in [0, 0.1) is 0 Å². The van der Waals surface area contributed by atoms with Crippen molar-refractivity contribution in [2.24, 2.45) is 0 Å². The number of hydrogen-bond acceptors (Lipinski definition) is 4. The number of fused-ring (bicyclic) bond motifs is 1. The second kappa shape index (κ2) is 3.30. The lowest BCUT2D eigenvalue weighted by Gasteiger charge is -2.01. The second-order valence-electron chi connectivity index (χ2n) is 2.60. The number of rotatable bonds is 2. The zero-order chi connectivity index (χ0) is 10.1. The summed E-state index contributed by atoms with van der Waals surface area (Å²) in [4.78, 5) is 18.8. The van der Waals surface area contributed by atoms with Gasteiger partial charge in [-0.05, 0) is 6.26 Å². The van der Waals surface area contributed by atoms with E-state index in [-0.39, 0.29) is 5.69 Å². The van der Waals surface area contributed by atoms with Crippen LogP contribution in [-0.4, -0.2) is 31.7 Å². The zero-order valence-corrected chi connectivity index (χ0v) is 8.15. The van der Waals surface area contributed by atoms with Crippen molar-refractivity contribution in [2.75, 3.05) is 6.26 Å². The average Bonchev–Trinajstić information content (AvgIpc) is 2.63. The molecule has 0 atom stereocenters. The van der Waals surface area contributed by atoms with E-state index in [2.05, 4.69) is 9.97 Å². The van der Waals surface area contributed by atoms with E-state index >= 15 is 0 Å². The van der Waals surface area contributed by atoms with Gasteiger partial charge in [-0.1, -0.05) is 0 Å². The summed E-state index contributed by atoms with van der Waals surface area (Å²) in [7, 11) is 0. The van der Waals surface area contributed by atoms with Gasteiger partial charge in [0, 0.05) is 18.6 Å². The van der Waals surface area contributed by atoms with E-state index in [0.717, 1.165) is 0 Å². The topological polar surface area (TPSA) is 67.5 Å². The molecule has 5 nitrogen and oxygen atoms in total. The van der Waals surface area contributed by atoms with Gasteiger partial charge in [0.2, 0.25) is 0 Å². The Morgan fingerprint density at radius 2 is 2.43 bits per heavy atom. The van der Waals surface area contributed by atoms with Crippen LogP contribution in [0.5, 0.6) is 0 Å². The van der Waals surface area contributed by atoms with Crippen molar-refractivity contribution in [1.29, 1.82) is 0 Å². The molecule has 0 spiro atoms. The van der Waals surface area contributed by atoms with Crippen molar-refractivity contribution in [3.63, 3.8) is 0 Å². The molecule has 0 aliphatic heterocycles. The first-order valence-electron chi connectivity index (χ1n) is 3.83. The highest BCUT2D eigenvalue weighted by atomic mass is 32.2. The minimum Gasteiger partial charge on any atom is -0.476 e. The van der Waals surface area contributed by atoms with Crippen LogP contribution in [0.15, 0.2) is 23.6 Å². The molecule has 0 aliphatic rings. The molecule has 0 fully saturated rings. The van der Waals surface area contributed by atoms with Crippen molar-refractivity contribution in [3.05, 3.63) is 24.3 Å². The quantitative estimate of drug-likeness (QED) is 0.751. The largest absolute Gasteiger partial charge is 0.476 e. The molecule has 0 radical (unpaired) electrons. The van der Waals surface area contributed by atoms with Crippen LogP contribution < -0.4 is 0 Å². The van der Waals surface area contributed by atoms with E-state index in [0.29, 0.717) is 10.7 Å². The SMILES string of the molecule is CSc1nc(C(=O)O)cn2ccnc12. The summed E-state index contributed by atoms with van der Waals surface area (Å²) in [5.41, 5.74) is 0.711. The molecule has 72 valence electrons. The van der Waals surface area contributed by atoms with E-state index in [4.69, 9.17) is 5.11 Å². The van der Waals surface area contributed by atoms with Crippen LogP contribution in [0.4, 0.5) is 0 Å². The van der Waals surface area contributed by atoms with Crippen LogP contribution in [0.3, 0.4) is 0 Å². The van der Waals surface area contributed by atoms with Crippen molar-refractivity contribution >= 4 is 23.4 Å². The van der Waals surface area contributed by atoms with Gasteiger partial charge in [0.25, 0.3) is 0 Å². The third-order valence-electron chi connectivity index (χ3n) is 1.76. The maximum Gasteiger partial charge on any atom is 0.356 e. The number of carboxylic acid groups (broad SMARTS) is 1. The van der Waals surface area contributed by atoms with Crippen LogP contribution in [-0.2, 0) is 0 Å². The van der Waals surface area contributed by atoms with Gasteiger partial charge < -0.3 is 9.51 Å². The number of carbonyl (C=O) groups is 1. The highest BCUT2D eigenvalue weighted by molar-refractivity contribution is 7.98. The van der Waals surface area contributed by atoms with E-state index in [1.807, 2.05) is 6.26 Å². The maximum absolute atomic E-state index is 10.7. The molecule has 2 heterocycles. The maximum atomic E-state index is 10.7. The summed E-state index contributed by atoms with van der Waals surface area (Å²) >= 11 is 1.38. The highest BCUT2D eigenvalue weighted by Gasteiger charge is 2.10. The van der Waals surface area contributed by atoms with Crippen molar-refractivity contribution < 1.29 is 9.90 Å². The third kappa shape index (κ3) is 1.33. The van der Waals surface area contributed by atoms with Crippen molar-refractivity contribution in [3.8, 4) is 0 Å². The first-order valence-corrected chi connectivity index (χ1v) is 5.06. The van der Waals surface area contributed by atoms with E-state index < -0.39 is 5.97 Å². The molecule has 0 unspecified atom stereocenters. The Kier molecular flexibility index (Phi) is 2.12. The Morgan fingerprint density at radius 3 is 3.07 bits per heavy atom. The van der Waals surface area contributed by atoms with Crippen LogP contribution in [0.25, 0.3) is 5.65 Å². The monoisotopic (exact) mass is 209 g/mol. The Morgan fingerprint density at radius 1 is 1.64 bits per heavy atom. The van der Waals surface area contributed by atoms with Crippen LogP contribution >= 0.6 is 11.8 Å². The second-order valence-corrected chi connectivity index (χ2v) is 3.39. The summed E-state index contributed by atoms with van der Waals surface area (Å²) in [6.45, 7) is 0. The van der Waals surface area contributed by atoms with E-state index in [1.165, 1.54) is 18.0 Å². The Bertz CT molecular complexity index is 494. The Balaban J connectivity index is 2.73. The smallest absolute Gasteiger partial charge is 0.356 e. The van der Waals surface area contributed by atoms with E-state index in [1.54, 1.807) is 16.8 Å². The highest BCUT2D eigenvalue weighted by Crippen LogP contribution is 2.17. The molecule has 2 aromatic heterocycles. The molecule has 0 aromatic carbocycles. The van der Waals surface area contributed by atoms with Gasteiger partial charge in [0.1, 0.15) is 5.03 Å². The number of thioether (sulfide) groups is 1. The Hall–Kier alpha value is -1.56. The lowest BCUT2D eigenvalue weighted by molar-refractivity contribution is 0.0689. The van der Waals surface area contributed by atoms with Crippen LogP contribution in [0.2, 0.25) is 0 Å². The normalized spacial score (nSPS) is 10.6. The van der Waals surface area contributed by atoms with Crippen molar-refractivity contribution in [2.45, 2.75) is 5.03 Å². The zero-order valence-electron chi connectivity index (χ0n) is 7.34. The van der Waals surface area contributed by atoms with E-state index in [9.17, 15) is 4.79 Å². The fraction of sp³-hybridized carbons (Fsp3) is 0.125. The minimum absolute atomic E-state index is 0.0276. The summed E-state index contributed by atoms with van der Waals surface area (Å²) < 4.78 is 1.66. The molecule has 6 heteroatoms. The molecule has 2 rings (SSSR count). The minimum atomic E-state index is -1.03. The van der Waals surface area contributed by atoms with Gasteiger partial charge in [-0.25, -0.2) is 14.8 Å². The lowest BCUT2D eigenvalue weighted by atomic mass is 10.4. The number of imidazole rings is 1. The third-order valence-corrected chi connectivity index (χ3v) is 2.42. The van der Waals surface area contributed by atoms with Gasteiger partial charge in [0.05, 0.1) is 0 Å². The molecular weight excluding hydrogens is 202 g/mol. The number of carboxylic acids is 1. The predicted molar refractivity (Wildman–Crippen MR) is 51.7 cm³/mol. The summed E-state index contributed by atoms with van der Waals surface area (Å²) in [5, 5.41) is 9.42. The molecule has 0 aliphatic carbocycles. The van der Waals surface area contributed by atoms with Gasteiger partial charge in [-0.3, -0.25) is 0 Å². The molecule has 0 bridgehead atoms. The average molecular weight is 209 g/mol. The number of aromatic carboxylic acids is 1. The molecular formula is C8H7N3O2S. The molecule has 1 N–H and O–H groups in total. The first kappa shape index (κ1) is 9.01. The molecule has 0 amide bonds. The lowest BCUT2D eigenvalue weighted by Crippen LogP contribution is -2.04. The molecule has 0 saturated heterocycles. The van der Waals surface area contributed by atoms with Crippen LogP contribution in [0.1, 0.15) is 10.5 Å². The molecule has 14 heavy (non-hydrogen) atoms. The standard InChI is InChI=1S/C8H7N3O2S/c1-14-7-6-9-2-3-11(6)4-5(10-7)8(12)13/h2-4H,1H3,(H,12,13). The summed E-state index contributed by atoms with van der Waals surface area (Å²) in [5.74, 6) is -1.03. The summed E-state index contributed by atoms with van der Waals surface area (Å²) in [6, 6.07) is 0. The summed E-state index contributed by atoms with van der Waals surface area (Å²) in [6.07, 6.45) is 6.60. The number of hydrogen-bond donors (Lipinski definition) is 1. The Labute approximate surface area is 83.8 Å². The number of nitrogens with zero attached hydrogens (tertiary/aromatic N) is 3. The number of aromatic nitrogens is 3. The van der Waals surface area contributed by atoms with Gasteiger partial charge in [-0.15, -0.1) is 11.8 Å². The molecule has 2 aromatic rings. The molecule has 0 saturated carbocycles. The van der Waals surface area contributed by atoms with Gasteiger partial charge >= 0.3 is 5.97 Å². The predicted octanol–water partition coefficient (Wildman–Crippen LogP) is 1.15. The fourth-order valence-corrected chi connectivity index (χ4v) is 1.67. The fourth-order valence-electron chi connectivity index (χ4n) is 1.14. The van der Waals surface area contributed by atoms with Crippen molar-refractivity contribution in [1.82, 2.24) is 14.4 Å².